The number of benzene rings is 3. The zero-order chi connectivity index (χ0) is 27.2. The van der Waals surface area contributed by atoms with Gasteiger partial charge in [0.25, 0.3) is 11.8 Å². The van der Waals surface area contributed by atoms with E-state index >= 15 is 0 Å². The van der Waals surface area contributed by atoms with E-state index in [1.807, 2.05) is 69.3 Å². The van der Waals surface area contributed by atoms with Crippen molar-refractivity contribution in [2.45, 2.75) is 34.1 Å². The molecule has 8 heteroatoms. The van der Waals surface area contributed by atoms with Crippen LogP contribution in [0.1, 0.15) is 36.1 Å². The Labute approximate surface area is 233 Å². The van der Waals surface area contributed by atoms with E-state index in [2.05, 4.69) is 12.2 Å². The largest absolute Gasteiger partial charge is 0.490 e. The second-order valence-electron chi connectivity index (χ2n) is 8.81. The maximum atomic E-state index is 13.2. The minimum atomic E-state index is -0.268. The number of aryl methyl sites for hydroxylation is 3. The van der Waals surface area contributed by atoms with Gasteiger partial charge in [-0.25, -0.2) is 0 Å². The lowest BCUT2D eigenvalue weighted by molar-refractivity contribution is -0.118. The number of rotatable bonds is 9. The van der Waals surface area contributed by atoms with E-state index in [0.29, 0.717) is 33.0 Å². The number of ether oxygens (including phenoxy) is 2. The van der Waals surface area contributed by atoms with Crippen LogP contribution >= 0.6 is 24.0 Å². The summed E-state index contributed by atoms with van der Waals surface area (Å²) in [6.45, 7) is 8.26. The van der Waals surface area contributed by atoms with Gasteiger partial charge in [-0.2, -0.15) is 0 Å². The maximum Gasteiger partial charge on any atom is 0.270 e. The molecule has 6 nitrogen and oxygen atoms in total. The van der Waals surface area contributed by atoms with Crippen molar-refractivity contribution < 1.29 is 19.1 Å². The fourth-order valence-corrected chi connectivity index (χ4v) is 5.17. The van der Waals surface area contributed by atoms with Crippen LogP contribution in [0.5, 0.6) is 11.5 Å². The molecule has 1 fully saturated rings. The molecule has 3 aromatic rings. The van der Waals surface area contributed by atoms with Crippen molar-refractivity contribution >= 4 is 57.6 Å². The second kappa shape index (κ2) is 12.3. The lowest BCUT2D eigenvalue weighted by Crippen LogP contribution is -2.27. The Kier molecular flexibility index (Phi) is 8.86. The molecule has 0 aromatic heterocycles. The first-order valence-electron chi connectivity index (χ1n) is 12.4. The topological polar surface area (TPSA) is 67.9 Å². The van der Waals surface area contributed by atoms with Crippen LogP contribution in [0, 0.1) is 13.8 Å². The Morgan fingerprint density at radius 1 is 0.974 bits per heavy atom. The highest BCUT2D eigenvalue weighted by molar-refractivity contribution is 8.27. The first-order valence-corrected chi connectivity index (χ1v) is 13.6. The number of hydrogen-bond acceptors (Lipinski definition) is 6. The SMILES string of the molecule is CCOc1cc(/C=C2\SC(=S)N(c3ccc(C)c(C)c3)C2=O)ccc1OCC(=O)Nc1ccc(CC)cc1. The third-order valence-electron chi connectivity index (χ3n) is 6.11. The van der Waals surface area contributed by atoms with E-state index in [4.69, 9.17) is 21.7 Å². The molecule has 0 radical (unpaired) electrons. The van der Waals surface area contributed by atoms with Crippen LogP contribution in [-0.2, 0) is 16.0 Å². The summed E-state index contributed by atoms with van der Waals surface area (Å²) in [7, 11) is 0. The lowest BCUT2D eigenvalue weighted by atomic mass is 10.1. The summed E-state index contributed by atoms with van der Waals surface area (Å²) in [5.41, 5.74) is 5.70. The minimum absolute atomic E-state index is 0.162. The summed E-state index contributed by atoms with van der Waals surface area (Å²) in [6.07, 6.45) is 2.73. The molecule has 1 heterocycles. The number of thioether (sulfide) groups is 1. The van der Waals surface area contributed by atoms with E-state index in [9.17, 15) is 9.59 Å². The Bertz CT molecular complexity index is 1400. The standard InChI is InChI=1S/C30H30N2O4S2/c1-5-21-8-11-23(12-9-21)31-28(33)18-36-25-14-10-22(16-26(25)35-6-2)17-27-29(34)32(30(37)38-27)24-13-7-19(3)20(4)15-24/h7-17H,5-6,18H2,1-4H3,(H,31,33)/b27-17-. The van der Waals surface area contributed by atoms with Gasteiger partial charge in [-0.15, -0.1) is 0 Å². The average molecular weight is 547 g/mol. The molecule has 1 N–H and O–H groups in total. The summed E-state index contributed by atoms with van der Waals surface area (Å²) < 4.78 is 12.0. The Morgan fingerprint density at radius 2 is 1.74 bits per heavy atom. The first-order chi connectivity index (χ1) is 18.3. The van der Waals surface area contributed by atoms with Gasteiger partial charge < -0.3 is 14.8 Å². The van der Waals surface area contributed by atoms with E-state index < -0.39 is 0 Å². The number of nitrogens with zero attached hydrogens (tertiary/aromatic N) is 1. The number of thiocarbonyl (C=S) groups is 1. The van der Waals surface area contributed by atoms with Gasteiger partial charge in [-0.1, -0.05) is 55.2 Å². The van der Waals surface area contributed by atoms with Crippen molar-refractivity contribution in [3.05, 3.63) is 87.8 Å². The summed E-state index contributed by atoms with van der Waals surface area (Å²) in [4.78, 5) is 27.7. The van der Waals surface area contributed by atoms with Crippen molar-refractivity contribution in [2.75, 3.05) is 23.4 Å². The normalized spacial score (nSPS) is 14.2. The molecule has 1 saturated heterocycles. The molecule has 3 aromatic carbocycles. The van der Waals surface area contributed by atoms with Crippen LogP contribution in [0.15, 0.2) is 65.6 Å². The molecule has 38 heavy (non-hydrogen) atoms. The first kappa shape index (κ1) is 27.4. The highest BCUT2D eigenvalue weighted by Gasteiger charge is 2.33. The van der Waals surface area contributed by atoms with Crippen LogP contribution in [0.25, 0.3) is 6.08 Å². The molecule has 0 bridgehead atoms. The van der Waals surface area contributed by atoms with Gasteiger partial charge in [0.05, 0.1) is 17.2 Å². The minimum Gasteiger partial charge on any atom is -0.490 e. The Balaban J connectivity index is 1.46. The van der Waals surface area contributed by atoms with Crippen LogP contribution < -0.4 is 19.7 Å². The summed E-state index contributed by atoms with van der Waals surface area (Å²) in [5, 5.41) is 2.84. The Hall–Kier alpha value is -3.62. The van der Waals surface area contributed by atoms with E-state index in [1.54, 1.807) is 23.1 Å². The van der Waals surface area contributed by atoms with Crippen molar-refractivity contribution in [3.8, 4) is 11.5 Å². The van der Waals surface area contributed by atoms with E-state index in [-0.39, 0.29) is 18.4 Å². The number of carbonyl (C=O) groups is 2. The van der Waals surface area contributed by atoms with Crippen LogP contribution in [0.4, 0.5) is 11.4 Å². The lowest BCUT2D eigenvalue weighted by Gasteiger charge is -2.16. The van der Waals surface area contributed by atoms with E-state index in [1.165, 1.54) is 17.3 Å². The fourth-order valence-electron chi connectivity index (χ4n) is 3.87. The van der Waals surface area contributed by atoms with Crippen LogP contribution in [-0.4, -0.2) is 29.3 Å². The van der Waals surface area contributed by atoms with E-state index in [0.717, 1.165) is 28.8 Å². The summed E-state index contributed by atoms with van der Waals surface area (Å²) >= 11 is 6.79. The molecule has 0 spiro atoms. The molecule has 1 aliphatic heterocycles. The zero-order valence-corrected chi connectivity index (χ0v) is 23.5. The fraction of sp³-hybridized carbons (Fsp3) is 0.233. The third kappa shape index (κ3) is 6.44. The predicted octanol–water partition coefficient (Wildman–Crippen LogP) is 6.69. The third-order valence-corrected chi connectivity index (χ3v) is 7.41. The molecular formula is C30H30N2O4S2. The van der Waals surface area contributed by atoms with Crippen molar-refractivity contribution in [1.82, 2.24) is 0 Å². The smallest absolute Gasteiger partial charge is 0.270 e. The van der Waals surface area contributed by atoms with Crippen LogP contribution in [0.2, 0.25) is 0 Å². The molecule has 196 valence electrons. The van der Waals surface area contributed by atoms with Gasteiger partial charge in [-0.3, -0.25) is 14.5 Å². The highest BCUT2D eigenvalue weighted by Crippen LogP contribution is 2.37. The molecule has 4 rings (SSSR count). The van der Waals surface area contributed by atoms with Gasteiger partial charge >= 0.3 is 0 Å². The Morgan fingerprint density at radius 3 is 2.42 bits per heavy atom. The molecule has 0 unspecified atom stereocenters. The summed E-state index contributed by atoms with van der Waals surface area (Å²) in [6, 6.07) is 18.9. The molecule has 1 aliphatic rings. The molecule has 0 saturated carbocycles. The maximum absolute atomic E-state index is 13.2. The highest BCUT2D eigenvalue weighted by atomic mass is 32.2. The van der Waals surface area contributed by atoms with Gasteiger partial charge in [0.1, 0.15) is 0 Å². The van der Waals surface area contributed by atoms with Gasteiger partial charge in [0.15, 0.2) is 22.4 Å². The molecular weight excluding hydrogens is 516 g/mol. The van der Waals surface area contributed by atoms with Crippen LogP contribution in [0.3, 0.4) is 0 Å². The number of anilines is 2. The number of amides is 2. The number of carbonyl (C=O) groups excluding carboxylic acids is 2. The van der Waals surface area contributed by atoms with Crippen molar-refractivity contribution in [1.29, 1.82) is 0 Å². The zero-order valence-electron chi connectivity index (χ0n) is 21.9. The second-order valence-corrected chi connectivity index (χ2v) is 10.5. The van der Waals surface area contributed by atoms with Crippen molar-refractivity contribution in [3.63, 3.8) is 0 Å². The van der Waals surface area contributed by atoms with Gasteiger partial charge in [0.2, 0.25) is 0 Å². The summed E-state index contributed by atoms with van der Waals surface area (Å²) in [5.74, 6) is 0.509. The van der Waals surface area contributed by atoms with Gasteiger partial charge in [0, 0.05) is 5.69 Å². The molecule has 2 amide bonds. The molecule has 0 atom stereocenters. The monoisotopic (exact) mass is 546 g/mol. The van der Waals surface area contributed by atoms with Gasteiger partial charge in [-0.05, 0) is 91.9 Å². The molecule has 0 aliphatic carbocycles. The number of hydrogen-bond donors (Lipinski definition) is 1. The predicted molar refractivity (Wildman–Crippen MR) is 159 cm³/mol. The average Bonchev–Trinajstić information content (AvgIpc) is 3.18. The number of nitrogens with one attached hydrogen (secondary N) is 1. The van der Waals surface area contributed by atoms with Crippen molar-refractivity contribution in [2.24, 2.45) is 0 Å². The quantitative estimate of drug-likeness (QED) is 0.238.